The maximum absolute atomic E-state index is 12.1. The van der Waals surface area contributed by atoms with E-state index in [-0.39, 0.29) is 12.5 Å². The smallest absolute Gasteiger partial charge is 0.253 e. The third-order valence-electron chi connectivity index (χ3n) is 3.33. The van der Waals surface area contributed by atoms with E-state index in [9.17, 15) is 9.59 Å². The van der Waals surface area contributed by atoms with Crippen LogP contribution < -0.4 is 10.6 Å². The summed E-state index contributed by atoms with van der Waals surface area (Å²) < 4.78 is 0. The van der Waals surface area contributed by atoms with Crippen molar-refractivity contribution < 1.29 is 9.59 Å². The van der Waals surface area contributed by atoms with E-state index in [2.05, 4.69) is 10.6 Å². The molecule has 0 saturated carbocycles. The van der Waals surface area contributed by atoms with Crippen molar-refractivity contribution in [1.82, 2.24) is 10.6 Å². The standard InChI is InChI=1S/C17H15Cl3N2O2/c1-10(22-17(24)13-4-2-3-5-14(13)19)16(23)21-9-11-6-7-12(18)8-15(11)20/h2-8,10H,9H2,1H3,(H,21,23)(H,22,24). The fraction of sp³-hybridized carbons (Fsp3) is 0.176. The number of hydrogen-bond donors (Lipinski definition) is 2. The summed E-state index contributed by atoms with van der Waals surface area (Å²) in [5.74, 6) is -0.741. The van der Waals surface area contributed by atoms with Crippen molar-refractivity contribution in [1.29, 1.82) is 0 Å². The van der Waals surface area contributed by atoms with Gasteiger partial charge in [0.2, 0.25) is 5.91 Å². The Morgan fingerprint density at radius 1 is 1.04 bits per heavy atom. The Morgan fingerprint density at radius 3 is 2.42 bits per heavy atom. The van der Waals surface area contributed by atoms with E-state index in [0.717, 1.165) is 5.56 Å². The molecule has 0 bridgehead atoms. The third-order valence-corrected chi connectivity index (χ3v) is 4.24. The van der Waals surface area contributed by atoms with E-state index < -0.39 is 11.9 Å². The summed E-state index contributed by atoms with van der Waals surface area (Å²) in [6, 6.07) is 10.9. The van der Waals surface area contributed by atoms with Crippen LogP contribution in [0, 0.1) is 0 Å². The van der Waals surface area contributed by atoms with Gasteiger partial charge < -0.3 is 10.6 Å². The summed E-state index contributed by atoms with van der Waals surface area (Å²) in [5.41, 5.74) is 1.05. The molecule has 0 heterocycles. The summed E-state index contributed by atoms with van der Waals surface area (Å²) in [6.07, 6.45) is 0. The first-order valence-corrected chi connectivity index (χ1v) is 8.29. The Kier molecular flexibility index (Phi) is 6.49. The quantitative estimate of drug-likeness (QED) is 0.814. The van der Waals surface area contributed by atoms with E-state index >= 15 is 0 Å². The number of halogens is 3. The van der Waals surface area contributed by atoms with Crippen LogP contribution in [0.1, 0.15) is 22.8 Å². The minimum Gasteiger partial charge on any atom is -0.350 e. The number of carbonyl (C=O) groups is 2. The van der Waals surface area contributed by atoms with Gasteiger partial charge in [-0.2, -0.15) is 0 Å². The molecule has 0 radical (unpaired) electrons. The second kappa shape index (κ2) is 8.38. The molecule has 7 heteroatoms. The molecule has 24 heavy (non-hydrogen) atoms. The summed E-state index contributed by atoms with van der Waals surface area (Å²) in [5, 5.41) is 6.64. The minimum absolute atomic E-state index is 0.237. The zero-order chi connectivity index (χ0) is 17.7. The number of nitrogens with one attached hydrogen (secondary N) is 2. The minimum atomic E-state index is -0.722. The first-order valence-electron chi connectivity index (χ1n) is 7.15. The van der Waals surface area contributed by atoms with Crippen molar-refractivity contribution in [2.75, 3.05) is 0 Å². The number of benzene rings is 2. The van der Waals surface area contributed by atoms with Crippen LogP contribution in [-0.2, 0) is 11.3 Å². The van der Waals surface area contributed by atoms with Gasteiger partial charge in [-0.05, 0) is 36.8 Å². The summed E-state index contributed by atoms with van der Waals surface area (Å²) in [6.45, 7) is 1.83. The highest BCUT2D eigenvalue weighted by molar-refractivity contribution is 6.35. The van der Waals surface area contributed by atoms with E-state index in [1.165, 1.54) is 0 Å². The highest BCUT2D eigenvalue weighted by Crippen LogP contribution is 2.20. The van der Waals surface area contributed by atoms with Crippen molar-refractivity contribution in [3.05, 3.63) is 68.7 Å². The van der Waals surface area contributed by atoms with Crippen LogP contribution >= 0.6 is 34.8 Å². The molecule has 1 atom stereocenters. The van der Waals surface area contributed by atoms with Gasteiger partial charge in [0.05, 0.1) is 10.6 Å². The maximum Gasteiger partial charge on any atom is 0.253 e. The molecule has 0 aromatic heterocycles. The van der Waals surface area contributed by atoms with E-state index in [1.807, 2.05) is 0 Å². The summed E-state index contributed by atoms with van der Waals surface area (Å²) in [4.78, 5) is 24.3. The normalized spacial score (nSPS) is 11.7. The van der Waals surface area contributed by atoms with Crippen molar-refractivity contribution in [3.8, 4) is 0 Å². The molecule has 2 amide bonds. The molecule has 2 N–H and O–H groups in total. The van der Waals surface area contributed by atoms with Crippen molar-refractivity contribution >= 4 is 46.6 Å². The van der Waals surface area contributed by atoms with Crippen LogP contribution in [0.3, 0.4) is 0 Å². The van der Waals surface area contributed by atoms with Gasteiger partial charge in [0.1, 0.15) is 6.04 Å². The van der Waals surface area contributed by atoms with Crippen LogP contribution in [0.15, 0.2) is 42.5 Å². The van der Waals surface area contributed by atoms with Gasteiger partial charge in [0.15, 0.2) is 0 Å². The molecule has 0 aliphatic carbocycles. The van der Waals surface area contributed by atoms with Crippen molar-refractivity contribution in [2.24, 2.45) is 0 Å². The second-order valence-electron chi connectivity index (χ2n) is 5.13. The van der Waals surface area contributed by atoms with Crippen LogP contribution in [0.5, 0.6) is 0 Å². The van der Waals surface area contributed by atoms with Crippen LogP contribution in [0.4, 0.5) is 0 Å². The van der Waals surface area contributed by atoms with Gasteiger partial charge in [0.25, 0.3) is 5.91 Å². The van der Waals surface area contributed by atoms with Gasteiger partial charge in [-0.25, -0.2) is 0 Å². The Bertz CT molecular complexity index is 765. The summed E-state index contributed by atoms with van der Waals surface area (Å²) in [7, 11) is 0. The van der Waals surface area contributed by atoms with E-state index in [1.54, 1.807) is 49.4 Å². The largest absolute Gasteiger partial charge is 0.350 e. The van der Waals surface area contributed by atoms with E-state index in [0.29, 0.717) is 20.6 Å². The van der Waals surface area contributed by atoms with Gasteiger partial charge in [-0.15, -0.1) is 0 Å². The van der Waals surface area contributed by atoms with Crippen molar-refractivity contribution in [2.45, 2.75) is 19.5 Å². The Morgan fingerprint density at radius 2 is 1.75 bits per heavy atom. The molecule has 0 aliphatic rings. The van der Waals surface area contributed by atoms with Gasteiger partial charge in [-0.1, -0.05) is 53.0 Å². The highest BCUT2D eigenvalue weighted by atomic mass is 35.5. The molecule has 2 aromatic rings. The predicted molar refractivity (Wildman–Crippen MR) is 96.7 cm³/mol. The average Bonchev–Trinajstić information content (AvgIpc) is 2.54. The molecule has 1 unspecified atom stereocenters. The molecule has 2 aromatic carbocycles. The van der Waals surface area contributed by atoms with Crippen LogP contribution in [-0.4, -0.2) is 17.9 Å². The molecule has 0 saturated heterocycles. The predicted octanol–water partition coefficient (Wildman–Crippen LogP) is 4.08. The molecular formula is C17H15Cl3N2O2. The molecule has 4 nitrogen and oxygen atoms in total. The van der Waals surface area contributed by atoms with Gasteiger partial charge in [-0.3, -0.25) is 9.59 Å². The van der Waals surface area contributed by atoms with Crippen LogP contribution in [0.2, 0.25) is 15.1 Å². The monoisotopic (exact) mass is 384 g/mol. The molecule has 0 fully saturated rings. The molecule has 126 valence electrons. The highest BCUT2D eigenvalue weighted by Gasteiger charge is 2.18. The lowest BCUT2D eigenvalue weighted by atomic mass is 10.2. The topological polar surface area (TPSA) is 58.2 Å². The number of rotatable bonds is 5. The van der Waals surface area contributed by atoms with Crippen molar-refractivity contribution in [3.63, 3.8) is 0 Å². The fourth-order valence-corrected chi connectivity index (χ4v) is 2.68. The van der Waals surface area contributed by atoms with Gasteiger partial charge >= 0.3 is 0 Å². The molecular weight excluding hydrogens is 371 g/mol. The Labute approximate surface area is 155 Å². The van der Waals surface area contributed by atoms with E-state index in [4.69, 9.17) is 34.8 Å². The number of carbonyl (C=O) groups excluding carboxylic acids is 2. The lowest BCUT2D eigenvalue weighted by Crippen LogP contribution is -2.44. The Balaban J connectivity index is 1.92. The lowest BCUT2D eigenvalue weighted by Gasteiger charge is -2.15. The number of hydrogen-bond acceptors (Lipinski definition) is 2. The fourth-order valence-electron chi connectivity index (χ4n) is 1.99. The molecule has 0 aliphatic heterocycles. The second-order valence-corrected chi connectivity index (χ2v) is 6.38. The first-order chi connectivity index (χ1) is 11.4. The molecule has 2 rings (SSSR count). The van der Waals surface area contributed by atoms with Gasteiger partial charge in [0, 0.05) is 16.6 Å². The zero-order valence-electron chi connectivity index (χ0n) is 12.8. The number of amides is 2. The van der Waals surface area contributed by atoms with Crippen LogP contribution in [0.25, 0.3) is 0 Å². The lowest BCUT2D eigenvalue weighted by molar-refractivity contribution is -0.122. The first kappa shape index (κ1) is 18.6. The Hall–Kier alpha value is -1.75. The third kappa shape index (κ3) is 4.87. The molecule has 0 spiro atoms. The average molecular weight is 386 g/mol. The summed E-state index contributed by atoms with van der Waals surface area (Å²) >= 11 is 17.8. The zero-order valence-corrected chi connectivity index (χ0v) is 15.0. The SMILES string of the molecule is CC(NC(=O)c1ccccc1Cl)C(=O)NCc1ccc(Cl)cc1Cl. The maximum atomic E-state index is 12.1.